The summed E-state index contributed by atoms with van der Waals surface area (Å²) >= 11 is 0. The largest absolute Gasteiger partial charge is 0.334 e. The van der Waals surface area contributed by atoms with Crippen molar-refractivity contribution in [1.29, 1.82) is 0 Å². The summed E-state index contributed by atoms with van der Waals surface area (Å²) in [6, 6.07) is 1.95. The second-order valence-electron chi connectivity index (χ2n) is 10.4. The van der Waals surface area contributed by atoms with Gasteiger partial charge in [0, 0.05) is 24.4 Å². The van der Waals surface area contributed by atoms with Gasteiger partial charge in [-0.2, -0.15) is 5.10 Å². The molecular formula is C23H40N4O2. The molecule has 0 aliphatic heterocycles. The minimum atomic E-state index is -0.256. The SMILES string of the molecule is CCN(CC(=O)Nc1cc(C(C)(C)C)nn1C(C)(C)C)C(=O)CCC1CCCC1. The number of aromatic nitrogens is 2. The molecule has 1 fully saturated rings. The quantitative estimate of drug-likeness (QED) is 0.717. The van der Waals surface area contributed by atoms with E-state index in [0.717, 1.165) is 12.1 Å². The van der Waals surface area contributed by atoms with Gasteiger partial charge >= 0.3 is 0 Å². The van der Waals surface area contributed by atoms with Crippen LogP contribution in [0.15, 0.2) is 6.07 Å². The van der Waals surface area contributed by atoms with E-state index in [-0.39, 0.29) is 29.3 Å². The lowest BCUT2D eigenvalue weighted by Crippen LogP contribution is -2.38. The molecule has 1 aliphatic rings. The maximum absolute atomic E-state index is 12.7. The molecule has 6 heteroatoms. The summed E-state index contributed by atoms with van der Waals surface area (Å²) in [5.41, 5.74) is 0.567. The van der Waals surface area contributed by atoms with Gasteiger partial charge in [0.2, 0.25) is 11.8 Å². The number of amides is 2. The monoisotopic (exact) mass is 404 g/mol. The molecule has 0 saturated heterocycles. The number of anilines is 1. The summed E-state index contributed by atoms with van der Waals surface area (Å²) in [4.78, 5) is 27.0. The lowest BCUT2D eigenvalue weighted by atomic mass is 9.92. The molecule has 2 amide bonds. The third-order valence-corrected chi connectivity index (χ3v) is 5.69. The Morgan fingerprint density at radius 2 is 1.79 bits per heavy atom. The summed E-state index contributed by atoms with van der Waals surface area (Å²) in [6.07, 6.45) is 6.55. The minimum Gasteiger partial charge on any atom is -0.334 e. The van der Waals surface area contributed by atoms with Gasteiger partial charge in [-0.15, -0.1) is 0 Å². The van der Waals surface area contributed by atoms with Crippen LogP contribution in [0.4, 0.5) is 5.82 Å². The minimum absolute atomic E-state index is 0.0780. The zero-order valence-electron chi connectivity index (χ0n) is 19.5. The number of likely N-dealkylation sites (N-methyl/N-ethyl adjacent to an activating group) is 1. The van der Waals surface area contributed by atoms with Gasteiger partial charge in [0.1, 0.15) is 5.82 Å². The highest BCUT2D eigenvalue weighted by Crippen LogP contribution is 2.29. The summed E-state index contributed by atoms with van der Waals surface area (Å²) in [5, 5.41) is 7.73. The predicted octanol–water partition coefficient (Wildman–Crippen LogP) is 4.69. The molecule has 1 aromatic heterocycles. The van der Waals surface area contributed by atoms with Crippen LogP contribution < -0.4 is 5.32 Å². The van der Waals surface area contributed by atoms with Gasteiger partial charge < -0.3 is 10.2 Å². The Kier molecular flexibility index (Phi) is 7.52. The highest BCUT2D eigenvalue weighted by molar-refractivity contribution is 5.94. The van der Waals surface area contributed by atoms with Crippen LogP contribution in [0.2, 0.25) is 0 Å². The number of rotatable bonds is 7. The molecule has 0 aromatic carbocycles. The summed E-state index contributed by atoms with van der Waals surface area (Å²) in [7, 11) is 0. The molecule has 2 rings (SSSR count). The van der Waals surface area contributed by atoms with Gasteiger partial charge in [0.05, 0.1) is 17.8 Å². The predicted molar refractivity (Wildman–Crippen MR) is 118 cm³/mol. The van der Waals surface area contributed by atoms with E-state index in [1.165, 1.54) is 25.7 Å². The molecule has 29 heavy (non-hydrogen) atoms. The second-order valence-corrected chi connectivity index (χ2v) is 10.4. The maximum atomic E-state index is 12.7. The number of hydrogen-bond donors (Lipinski definition) is 1. The van der Waals surface area contributed by atoms with Crippen LogP contribution in [-0.4, -0.2) is 39.6 Å². The second kappa shape index (κ2) is 9.31. The Labute approximate surface area is 176 Å². The molecule has 0 unspecified atom stereocenters. The van der Waals surface area contributed by atoms with Crippen molar-refractivity contribution >= 4 is 17.6 Å². The summed E-state index contributed by atoms with van der Waals surface area (Å²) in [6.45, 7) is 15.1. The molecule has 0 bridgehead atoms. The molecule has 164 valence electrons. The summed E-state index contributed by atoms with van der Waals surface area (Å²) in [5.74, 6) is 1.27. The molecule has 1 aliphatic carbocycles. The van der Waals surface area contributed by atoms with E-state index in [1.54, 1.807) is 4.90 Å². The standard InChI is InChI=1S/C23H40N4O2/c1-8-26(21(29)14-13-17-11-9-10-12-17)16-20(28)24-19-15-18(22(2,3)4)25-27(19)23(5,6)7/h15,17H,8-14,16H2,1-7H3,(H,24,28). The van der Waals surface area contributed by atoms with Crippen LogP contribution in [0.1, 0.15) is 92.7 Å². The summed E-state index contributed by atoms with van der Waals surface area (Å²) < 4.78 is 1.86. The number of nitrogens with one attached hydrogen (secondary N) is 1. The molecule has 1 saturated carbocycles. The highest BCUT2D eigenvalue weighted by Gasteiger charge is 2.26. The van der Waals surface area contributed by atoms with Gasteiger partial charge in [-0.3, -0.25) is 9.59 Å². The van der Waals surface area contributed by atoms with E-state index in [1.807, 2.05) is 17.7 Å². The first-order valence-corrected chi connectivity index (χ1v) is 11.1. The lowest BCUT2D eigenvalue weighted by molar-refractivity contribution is -0.134. The number of nitrogens with zero attached hydrogens (tertiary/aromatic N) is 3. The first-order chi connectivity index (χ1) is 13.4. The lowest BCUT2D eigenvalue weighted by Gasteiger charge is -2.24. The van der Waals surface area contributed by atoms with E-state index in [2.05, 4.69) is 46.9 Å². The molecule has 1 aromatic rings. The van der Waals surface area contributed by atoms with Gasteiger partial charge in [-0.25, -0.2) is 4.68 Å². The van der Waals surface area contributed by atoms with E-state index < -0.39 is 0 Å². The zero-order chi connectivity index (χ0) is 21.8. The van der Waals surface area contributed by atoms with E-state index in [0.29, 0.717) is 24.7 Å². The van der Waals surface area contributed by atoms with Crippen LogP contribution >= 0.6 is 0 Å². The van der Waals surface area contributed by atoms with Crippen molar-refractivity contribution in [2.45, 2.75) is 97.9 Å². The Morgan fingerprint density at radius 1 is 1.17 bits per heavy atom. The molecule has 0 spiro atoms. The van der Waals surface area contributed by atoms with E-state index >= 15 is 0 Å². The fourth-order valence-electron chi connectivity index (χ4n) is 3.86. The van der Waals surface area contributed by atoms with Crippen LogP contribution in [0.25, 0.3) is 0 Å². The average molecular weight is 405 g/mol. The maximum Gasteiger partial charge on any atom is 0.245 e. The molecule has 0 atom stereocenters. The molecule has 1 N–H and O–H groups in total. The van der Waals surface area contributed by atoms with Crippen LogP contribution in [0, 0.1) is 5.92 Å². The van der Waals surface area contributed by atoms with Crippen molar-refractivity contribution in [1.82, 2.24) is 14.7 Å². The number of carbonyl (C=O) groups is 2. The van der Waals surface area contributed by atoms with Crippen molar-refractivity contribution in [3.63, 3.8) is 0 Å². The van der Waals surface area contributed by atoms with Crippen molar-refractivity contribution in [3.05, 3.63) is 11.8 Å². The zero-order valence-corrected chi connectivity index (χ0v) is 19.5. The third-order valence-electron chi connectivity index (χ3n) is 5.69. The van der Waals surface area contributed by atoms with E-state index in [4.69, 9.17) is 5.10 Å². The van der Waals surface area contributed by atoms with Crippen LogP contribution in [-0.2, 0) is 20.5 Å². The Balaban J connectivity index is 2.02. The van der Waals surface area contributed by atoms with Crippen molar-refractivity contribution in [3.8, 4) is 0 Å². The molecular weight excluding hydrogens is 364 g/mol. The normalized spacial score (nSPS) is 15.6. The topological polar surface area (TPSA) is 67.2 Å². The smallest absolute Gasteiger partial charge is 0.245 e. The molecule has 0 radical (unpaired) electrons. The average Bonchev–Trinajstić information content (AvgIpc) is 3.26. The third kappa shape index (κ3) is 6.58. The van der Waals surface area contributed by atoms with Gasteiger partial charge in [0.25, 0.3) is 0 Å². The van der Waals surface area contributed by atoms with Crippen molar-refractivity contribution in [2.75, 3.05) is 18.4 Å². The first-order valence-electron chi connectivity index (χ1n) is 11.1. The van der Waals surface area contributed by atoms with Gasteiger partial charge in [-0.1, -0.05) is 46.5 Å². The number of hydrogen-bond acceptors (Lipinski definition) is 3. The first kappa shape index (κ1) is 23.4. The van der Waals surface area contributed by atoms with Gasteiger partial charge in [-0.05, 0) is 40.0 Å². The van der Waals surface area contributed by atoms with Crippen LogP contribution in [0.5, 0.6) is 0 Å². The Hall–Kier alpha value is -1.85. The van der Waals surface area contributed by atoms with Crippen molar-refractivity contribution in [2.24, 2.45) is 5.92 Å². The fourth-order valence-corrected chi connectivity index (χ4v) is 3.86. The van der Waals surface area contributed by atoms with Gasteiger partial charge in [0.15, 0.2) is 0 Å². The Bertz CT molecular complexity index is 703. The Morgan fingerprint density at radius 3 is 2.31 bits per heavy atom. The van der Waals surface area contributed by atoms with Crippen LogP contribution in [0.3, 0.4) is 0 Å². The fraction of sp³-hybridized carbons (Fsp3) is 0.783. The number of carbonyl (C=O) groups excluding carboxylic acids is 2. The van der Waals surface area contributed by atoms with E-state index in [9.17, 15) is 9.59 Å². The molecule has 1 heterocycles. The molecule has 6 nitrogen and oxygen atoms in total. The van der Waals surface area contributed by atoms with Crippen molar-refractivity contribution < 1.29 is 9.59 Å². The highest BCUT2D eigenvalue weighted by atomic mass is 16.2.